The van der Waals surface area contributed by atoms with Gasteiger partial charge in [0.15, 0.2) is 5.78 Å². The summed E-state index contributed by atoms with van der Waals surface area (Å²) in [5.41, 5.74) is 6.12. The Hall–Kier alpha value is -3.98. The molecule has 0 fully saturated rings. The third-order valence-electron chi connectivity index (χ3n) is 6.19. The lowest BCUT2D eigenvalue weighted by molar-refractivity contribution is 0.0976. The van der Waals surface area contributed by atoms with Crippen LogP contribution in [0.1, 0.15) is 33.8 Å². The molecular weight excluding hydrogens is 380 g/mol. The van der Waals surface area contributed by atoms with E-state index in [2.05, 4.69) is 42.6 Å². The molecule has 0 bridgehead atoms. The van der Waals surface area contributed by atoms with Crippen molar-refractivity contribution in [2.45, 2.75) is 12.3 Å². The summed E-state index contributed by atoms with van der Waals surface area (Å²) in [5, 5.41) is 7.17. The minimum atomic E-state index is -0.0289. The van der Waals surface area contributed by atoms with E-state index in [9.17, 15) is 4.79 Å². The van der Waals surface area contributed by atoms with Crippen LogP contribution in [0.4, 0.5) is 0 Å². The van der Waals surface area contributed by atoms with Gasteiger partial charge in [-0.3, -0.25) is 4.79 Å². The number of carbonyl (C=O) groups excluding carboxylic acids is 1. The van der Waals surface area contributed by atoms with Crippen LogP contribution in [0.5, 0.6) is 0 Å². The minimum absolute atomic E-state index is 0.0289. The van der Waals surface area contributed by atoms with Crippen molar-refractivity contribution < 1.29 is 4.79 Å². The highest BCUT2D eigenvalue weighted by molar-refractivity contribution is 6.12. The second-order valence-corrected chi connectivity index (χ2v) is 8.01. The van der Waals surface area contributed by atoms with Crippen LogP contribution in [0.2, 0.25) is 0 Å². The number of hydrogen-bond donors (Lipinski definition) is 0. The number of hydrogen-bond acceptors (Lipinski definition) is 2. The van der Waals surface area contributed by atoms with Gasteiger partial charge < -0.3 is 0 Å². The molecule has 0 spiro atoms. The fourth-order valence-electron chi connectivity index (χ4n) is 4.75. The zero-order valence-electron chi connectivity index (χ0n) is 16.9. The highest BCUT2D eigenvalue weighted by atomic mass is 16.1. The first-order chi connectivity index (χ1) is 15.3. The molecule has 0 saturated heterocycles. The largest absolute Gasteiger partial charge is 0.294 e. The summed E-state index contributed by atoms with van der Waals surface area (Å²) in [7, 11) is 0. The van der Waals surface area contributed by atoms with Gasteiger partial charge in [-0.2, -0.15) is 5.10 Å². The lowest BCUT2D eigenvalue weighted by Gasteiger charge is -2.25. The SMILES string of the molecule is O=C1CC(c2cn(-c3ccccc3)nc2-c2ccccc2)c2cccc3cccc1c23. The molecule has 31 heavy (non-hydrogen) atoms. The molecule has 4 aromatic carbocycles. The molecule has 3 heteroatoms. The highest BCUT2D eigenvalue weighted by Gasteiger charge is 2.31. The quantitative estimate of drug-likeness (QED) is 0.351. The van der Waals surface area contributed by atoms with Gasteiger partial charge in [0, 0.05) is 35.2 Å². The number of rotatable bonds is 3. The fourth-order valence-corrected chi connectivity index (χ4v) is 4.75. The Morgan fingerprint density at radius 1 is 0.742 bits per heavy atom. The van der Waals surface area contributed by atoms with E-state index in [1.54, 1.807) is 0 Å². The molecule has 0 amide bonds. The molecule has 0 N–H and O–H groups in total. The smallest absolute Gasteiger partial charge is 0.164 e. The predicted molar refractivity (Wildman–Crippen MR) is 124 cm³/mol. The Labute approximate surface area is 180 Å². The van der Waals surface area contributed by atoms with Gasteiger partial charge in [-0.15, -0.1) is 0 Å². The second-order valence-electron chi connectivity index (χ2n) is 8.01. The van der Waals surface area contributed by atoms with Crippen molar-refractivity contribution >= 4 is 16.6 Å². The number of ketones is 1. The molecule has 1 heterocycles. The molecule has 1 unspecified atom stereocenters. The maximum atomic E-state index is 13.2. The van der Waals surface area contributed by atoms with Gasteiger partial charge >= 0.3 is 0 Å². The Balaban J connectivity index is 1.61. The van der Waals surface area contributed by atoms with Crippen LogP contribution < -0.4 is 0 Å². The zero-order valence-corrected chi connectivity index (χ0v) is 16.9. The van der Waals surface area contributed by atoms with Crippen molar-refractivity contribution in [3.63, 3.8) is 0 Å². The van der Waals surface area contributed by atoms with Crippen LogP contribution in [0.3, 0.4) is 0 Å². The second kappa shape index (κ2) is 7.06. The summed E-state index contributed by atoms with van der Waals surface area (Å²) >= 11 is 0. The van der Waals surface area contributed by atoms with Gasteiger partial charge in [0.1, 0.15) is 0 Å². The van der Waals surface area contributed by atoms with Crippen molar-refractivity contribution in [3.8, 4) is 16.9 Å². The summed E-state index contributed by atoms with van der Waals surface area (Å²) in [6.07, 6.45) is 2.55. The van der Waals surface area contributed by atoms with Gasteiger partial charge in [0.05, 0.1) is 11.4 Å². The lowest BCUT2D eigenvalue weighted by atomic mass is 9.77. The Morgan fingerprint density at radius 3 is 2.23 bits per heavy atom. The first-order valence-electron chi connectivity index (χ1n) is 10.5. The first kappa shape index (κ1) is 17.8. The molecule has 1 atom stereocenters. The van der Waals surface area contributed by atoms with Crippen molar-refractivity contribution in [2.75, 3.05) is 0 Å². The van der Waals surface area contributed by atoms with Crippen LogP contribution in [0.25, 0.3) is 27.7 Å². The van der Waals surface area contributed by atoms with Crippen LogP contribution in [0.15, 0.2) is 103 Å². The fraction of sp³-hybridized carbons (Fsp3) is 0.0714. The molecule has 6 rings (SSSR count). The number of para-hydroxylation sites is 1. The van der Waals surface area contributed by atoms with E-state index in [-0.39, 0.29) is 11.7 Å². The van der Waals surface area contributed by atoms with Crippen molar-refractivity contribution in [3.05, 3.63) is 120 Å². The molecule has 5 aromatic rings. The van der Waals surface area contributed by atoms with Gasteiger partial charge in [-0.05, 0) is 28.5 Å². The summed E-state index contributed by atoms with van der Waals surface area (Å²) < 4.78 is 1.93. The normalized spacial score (nSPS) is 15.4. The summed E-state index contributed by atoms with van der Waals surface area (Å²) in [5.74, 6) is 0.166. The molecule has 0 aliphatic heterocycles. The monoisotopic (exact) mass is 400 g/mol. The molecule has 0 radical (unpaired) electrons. The van der Waals surface area contributed by atoms with Crippen molar-refractivity contribution in [2.24, 2.45) is 0 Å². The average Bonchev–Trinajstić information content (AvgIpc) is 3.28. The molecule has 1 aromatic heterocycles. The topological polar surface area (TPSA) is 34.9 Å². The molecule has 148 valence electrons. The maximum absolute atomic E-state index is 13.2. The van der Waals surface area contributed by atoms with Crippen LogP contribution in [-0.2, 0) is 0 Å². The average molecular weight is 400 g/mol. The van der Waals surface area contributed by atoms with E-state index in [0.717, 1.165) is 38.8 Å². The van der Waals surface area contributed by atoms with Crippen molar-refractivity contribution in [1.82, 2.24) is 9.78 Å². The highest BCUT2D eigenvalue weighted by Crippen LogP contribution is 2.43. The number of nitrogens with zero attached hydrogens (tertiary/aromatic N) is 2. The Morgan fingerprint density at radius 2 is 1.45 bits per heavy atom. The number of Topliss-reactive ketones (excluding diaryl/α,β-unsaturated/α-hetero) is 1. The maximum Gasteiger partial charge on any atom is 0.164 e. The van der Waals surface area contributed by atoms with E-state index in [1.807, 2.05) is 65.3 Å². The van der Waals surface area contributed by atoms with Crippen molar-refractivity contribution in [1.29, 1.82) is 0 Å². The van der Waals surface area contributed by atoms with Crippen LogP contribution in [0, 0.1) is 0 Å². The summed E-state index contributed by atoms with van der Waals surface area (Å²) in [6, 6.07) is 32.7. The van der Waals surface area contributed by atoms with E-state index in [1.165, 1.54) is 5.56 Å². The minimum Gasteiger partial charge on any atom is -0.294 e. The number of benzene rings is 4. The van der Waals surface area contributed by atoms with E-state index >= 15 is 0 Å². The summed E-state index contributed by atoms with van der Waals surface area (Å²) in [4.78, 5) is 13.2. The molecule has 1 aliphatic rings. The van der Waals surface area contributed by atoms with Gasteiger partial charge in [-0.1, -0.05) is 84.9 Å². The van der Waals surface area contributed by atoms with E-state index < -0.39 is 0 Å². The first-order valence-corrected chi connectivity index (χ1v) is 10.5. The predicted octanol–water partition coefficient (Wildman–Crippen LogP) is 6.41. The van der Waals surface area contributed by atoms with Gasteiger partial charge in [0.25, 0.3) is 0 Å². The molecular formula is C28H20N2O. The van der Waals surface area contributed by atoms with E-state index in [0.29, 0.717) is 6.42 Å². The molecule has 0 saturated carbocycles. The Kier molecular flexibility index (Phi) is 4.07. The number of aromatic nitrogens is 2. The van der Waals surface area contributed by atoms with Crippen LogP contribution >= 0.6 is 0 Å². The molecule has 1 aliphatic carbocycles. The van der Waals surface area contributed by atoms with Gasteiger partial charge in [-0.25, -0.2) is 4.68 Å². The zero-order chi connectivity index (χ0) is 20.8. The molecule has 3 nitrogen and oxygen atoms in total. The number of carbonyl (C=O) groups is 1. The summed E-state index contributed by atoms with van der Waals surface area (Å²) in [6.45, 7) is 0. The van der Waals surface area contributed by atoms with E-state index in [4.69, 9.17) is 5.10 Å². The van der Waals surface area contributed by atoms with Gasteiger partial charge in [0.2, 0.25) is 0 Å². The third kappa shape index (κ3) is 2.89. The van der Waals surface area contributed by atoms with Crippen LogP contribution in [-0.4, -0.2) is 15.6 Å². The third-order valence-corrected chi connectivity index (χ3v) is 6.19. The lowest BCUT2D eigenvalue weighted by Crippen LogP contribution is -2.16. The Bertz CT molecular complexity index is 1410. The standard InChI is InChI=1S/C28H20N2O/c31-26-17-24(22-15-7-11-19-12-8-16-23(26)27(19)22)25-18-30(21-13-5-2-6-14-21)29-28(25)20-9-3-1-4-10-20/h1-16,18,24H,17H2.